The van der Waals surface area contributed by atoms with Gasteiger partial charge in [0.1, 0.15) is 0 Å². The Hall–Kier alpha value is -2.01. The zero-order valence-corrected chi connectivity index (χ0v) is 14.8. The van der Waals surface area contributed by atoms with Crippen molar-refractivity contribution in [2.45, 2.75) is 45.1 Å². The van der Waals surface area contributed by atoms with E-state index >= 15 is 0 Å². The average Bonchev–Trinajstić information content (AvgIpc) is 3.05. The van der Waals surface area contributed by atoms with E-state index in [9.17, 15) is 0 Å². The zero-order valence-electron chi connectivity index (χ0n) is 14.0. The van der Waals surface area contributed by atoms with Gasteiger partial charge in [-0.15, -0.1) is 0 Å². The Kier molecular flexibility index (Phi) is 5.09. The van der Waals surface area contributed by atoms with Gasteiger partial charge in [0.25, 0.3) is 0 Å². The summed E-state index contributed by atoms with van der Waals surface area (Å²) in [5, 5.41) is 0.215. The number of benzene rings is 1. The highest BCUT2D eigenvalue weighted by Crippen LogP contribution is 2.33. The summed E-state index contributed by atoms with van der Waals surface area (Å²) in [4.78, 5) is 8.34. The van der Waals surface area contributed by atoms with E-state index in [2.05, 4.69) is 9.97 Å². The Morgan fingerprint density at radius 3 is 2.67 bits per heavy atom. The first-order valence-corrected chi connectivity index (χ1v) is 8.56. The predicted octanol–water partition coefficient (Wildman–Crippen LogP) is 3.94. The summed E-state index contributed by atoms with van der Waals surface area (Å²) in [6.07, 6.45) is 5.49. The van der Waals surface area contributed by atoms with E-state index in [0.717, 1.165) is 35.6 Å². The van der Waals surface area contributed by atoms with Crippen LogP contribution in [0.4, 0.5) is 5.69 Å². The van der Waals surface area contributed by atoms with Gasteiger partial charge >= 0.3 is 0 Å². The lowest BCUT2D eigenvalue weighted by Crippen LogP contribution is -2.12. The number of nitrogens with two attached hydrogens (primary N) is 1. The average molecular weight is 348 g/mol. The molecule has 0 unspecified atom stereocenters. The SMILES string of the molecule is COc1ccc(Cc2nc(Cl)nc(C)c2N)cc1OC1CCCC1. The van der Waals surface area contributed by atoms with Gasteiger partial charge in [-0.1, -0.05) is 6.07 Å². The summed E-state index contributed by atoms with van der Waals surface area (Å²) in [6, 6.07) is 5.92. The molecule has 3 rings (SSSR count). The minimum absolute atomic E-state index is 0.215. The van der Waals surface area contributed by atoms with Gasteiger partial charge in [-0.05, 0) is 61.9 Å². The van der Waals surface area contributed by atoms with E-state index in [4.69, 9.17) is 26.8 Å². The lowest BCUT2D eigenvalue weighted by atomic mass is 10.1. The Morgan fingerprint density at radius 2 is 1.96 bits per heavy atom. The lowest BCUT2D eigenvalue weighted by molar-refractivity contribution is 0.200. The van der Waals surface area contributed by atoms with Crippen LogP contribution in [0.2, 0.25) is 5.28 Å². The van der Waals surface area contributed by atoms with Crippen molar-refractivity contribution < 1.29 is 9.47 Å². The normalized spacial score (nSPS) is 14.8. The third-order valence-corrected chi connectivity index (χ3v) is 4.55. The molecule has 2 aromatic rings. The standard InChI is InChI=1S/C18H22ClN3O2/c1-11-17(20)14(22-18(19)21-11)9-12-7-8-15(23-2)16(10-12)24-13-5-3-4-6-13/h7-8,10,13H,3-6,9,20H2,1-2H3. The minimum Gasteiger partial charge on any atom is -0.493 e. The maximum Gasteiger partial charge on any atom is 0.222 e. The number of hydrogen-bond acceptors (Lipinski definition) is 5. The predicted molar refractivity (Wildman–Crippen MR) is 94.9 cm³/mol. The first kappa shape index (κ1) is 16.8. The largest absolute Gasteiger partial charge is 0.493 e. The number of nitrogen functional groups attached to an aromatic ring is 1. The molecular formula is C18H22ClN3O2. The summed E-state index contributed by atoms with van der Waals surface area (Å²) in [5.41, 5.74) is 9.13. The van der Waals surface area contributed by atoms with Crippen molar-refractivity contribution in [3.63, 3.8) is 0 Å². The molecule has 0 radical (unpaired) electrons. The molecule has 2 N–H and O–H groups in total. The van der Waals surface area contributed by atoms with Gasteiger partial charge in [0.2, 0.25) is 5.28 Å². The van der Waals surface area contributed by atoms with Crippen molar-refractivity contribution in [2.75, 3.05) is 12.8 Å². The highest BCUT2D eigenvalue weighted by molar-refractivity contribution is 6.28. The molecule has 1 fully saturated rings. The molecule has 0 aliphatic heterocycles. The van der Waals surface area contributed by atoms with Crippen molar-refractivity contribution in [2.24, 2.45) is 0 Å². The summed E-state index contributed by atoms with van der Waals surface area (Å²) >= 11 is 5.96. The minimum atomic E-state index is 0.215. The van der Waals surface area contributed by atoms with E-state index in [1.54, 1.807) is 7.11 Å². The molecule has 1 aromatic carbocycles. The van der Waals surface area contributed by atoms with Crippen molar-refractivity contribution in [1.29, 1.82) is 0 Å². The van der Waals surface area contributed by atoms with E-state index in [1.807, 2.05) is 25.1 Å². The highest BCUT2D eigenvalue weighted by Gasteiger charge is 2.19. The number of aryl methyl sites for hydroxylation is 1. The first-order chi connectivity index (χ1) is 11.6. The summed E-state index contributed by atoms with van der Waals surface area (Å²) in [5.74, 6) is 1.52. The first-order valence-electron chi connectivity index (χ1n) is 8.19. The molecule has 0 atom stereocenters. The second-order valence-electron chi connectivity index (χ2n) is 6.12. The third kappa shape index (κ3) is 3.73. The second kappa shape index (κ2) is 7.26. The molecule has 1 aliphatic rings. The van der Waals surface area contributed by atoms with Crippen LogP contribution in [0.5, 0.6) is 11.5 Å². The number of rotatable bonds is 5. The number of aromatic nitrogens is 2. The van der Waals surface area contributed by atoms with Gasteiger partial charge in [0, 0.05) is 6.42 Å². The maximum absolute atomic E-state index is 6.14. The van der Waals surface area contributed by atoms with Gasteiger partial charge < -0.3 is 15.2 Å². The molecule has 0 bridgehead atoms. The van der Waals surface area contributed by atoms with Gasteiger partial charge in [-0.25, -0.2) is 9.97 Å². The van der Waals surface area contributed by atoms with Crippen LogP contribution in [0.25, 0.3) is 0 Å². The fraction of sp³-hybridized carbons (Fsp3) is 0.444. The zero-order chi connectivity index (χ0) is 17.1. The third-order valence-electron chi connectivity index (χ3n) is 4.38. The van der Waals surface area contributed by atoms with Crippen molar-refractivity contribution >= 4 is 17.3 Å². The van der Waals surface area contributed by atoms with Gasteiger partial charge in [0.05, 0.1) is 30.3 Å². The summed E-state index contributed by atoms with van der Waals surface area (Å²) in [7, 11) is 1.65. The molecule has 1 heterocycles. The Morgan fingerprint density at radius 1 is 1.21 bits per heavy atom. The molecule has 24 heavy (non-hydrogen) atoms. The Bertz CT molecular complexity index is 730. The summed E-state index contributed by atoms with van der Waals surface area (Å²) < 4.78 is 11.6. The molecule has 0 amide bonds. The van der Waals surface area contributed by atoms with E-state index in [1.165, 1.54) is 12.8 Å². The Balaban J connectivity index is 1.86. The molecule has 1 saturated carbocycles. The fourth-order valence-corrected chi connectivity index (χ4v) is 3.27. The van der Waals surface area contributed by atoms with Crippen LogP contribution >= 0.6 is 11.6 Å². The maximum atomic E-state index is 6.14. The van der Waals surface area contributed by atoms with E-state index < -0.39 is 0 Å². The topological polar surface area (TPSA) is 70.3 Å². The molecule has 0 spiro atoms. The van der Waals surface area contributed by atoms with Gasteiger partial charge in [-0.2, -0.15) is 0 Å². The monoisotopic (exact) mass is 347 g/mol. The summed E-state index contributed by atoms with van der Waals surface area (Å²) in [6.45, 7) is 1.83. The van der Waals surface area contributed by atoms with Crippen LogP contribution in [0.15, 0.2) is 18.2 Å². The van der Waals surface area contributed by atoms with Crippen LogP contribution in [0.1, 0.15) is 42.6 Å². The number of ether oxygens (including phenoxy) is 2. The van der Waals surface area contributed by atoms with Crippen LogP contribution in [-0.4, -0.2) is 23.2 Å². The fourth-order valence-electron chi connectivity index (χ4n) is 3.04. The van der Waals surface area contributed by atoms with E-state index in [-0.39, 0.29) is 11.4 Å². The number of anilines is 1. The molecule has 1 aromatic heterocycles. The number of halogens is 1. The number of methoxy groups -OCH3 is 1. The smallest absolute Gasteiger partial charge is 0.222 e. The van der Waals surface area contributed by atoms with E-state index in [0.29, 0.717) is 17.8 Å². The molecule has 1 aliphatic carbocycles. The van der Waals surface area contributed by atoms with Crippen molar-refractivity contribution in [1.82, 2.24) is 9.97 Å². The van der Waals surface area contributed by atoms with Gasteiger partial charge in [-0.3, -0.25) is 0 Å². The van der Waals surface area contributed by atoms with Crippen LogP contribution in [-0.2, 0) is 6.42 Å². The molecular weight excluding hydrogens is 326 g/mol. The number of nitrogens with zero attached hydrogens (tertiary/aromatic N) is 2. The second-order valence-corrected chi connectivity index (χ2v) is 6.46. The quantitative estimate of drug-likeness (QED) is 0.829. The van der Waals surface area contributed by atoms with Crippen LogP contribution < -0.4 is 15.2 Å². The Labute approximate surface area is 147 Å². The molecule has 5 nitrogen and oxygen atoms in total. The van der Waals surface area contributed by atoms with Crippen molar-refractivity contribution in [3.8, 4) is 11.5 Å². The van der Waals surface area contributed by atoms with Crippen molar-refractivity contribution in [3.05, 3.63) is 40.4 Å². The number of hydrogen-bond donors (Lipinski definition) is 1. The molecule has 128 valence electrons. The molecule has 0 saturated heterocycles. The lowest BCUT2D eigenvalue weighted by Gasteiger charge is -2.17. The van der Waals surface area contributed by atoms with Crippen LogP contribution in [0, 0.1) is 6.92 Å². The van der Waals surface area contributed by atoms with Crippen LogP contribution in [0.3, 0.4) is 0 Å². The van der Waals surface area contributed by atoms with Gasteiger partial charge in [0.15, 0.2) is 11.5 Å². The molecule has 6 heteroatoms. The highest BCUT2D eigenvalue weighted by atomic mass is 35.5.